The number of aromatic nitrogens is 1. The number of rotatable bonds is 4. The molecule has 2 aromatic rings. The van der Waals surface area contributed by atoms with Crippen molar-refractivity contribution in [3.8, 4) is 11.5 Å². The van der Waals surface area contributed by atoms with E-state index < -0.39 is 10.0 Å². The highest BCUT2D eigenvalue weighted by Crippen LogP contribution is 2.32. The molecule has 0 unspecified atom stereocenters. The van der Waals surface area contributed by atoms with E-state index in [0.29, 0.717) is 24.7 Å². The molecule has 6 nitrogen and oxygen atoms in total. The molecule has 1 aromatic carbocycles. The quantitative estimate of drug-likeness (QED) is 0.928. The van der Waals surface area contributed by atoms with Gasteiger partial charge in [-0.25, -0.2) is 13.1 Å². The van der Waals surface area contributed by atoms with E-state index in [4.69, 9.17) is 9.47 Å². The van der Waals surface area contributed by atoms with Gasteiger partial charge in [-0.05, 0) is 36.8 Å². The Morgan fingerprint density at radius 2 is 1.78 bits per heavy atom. The first-order valence-corrected chi connectivity index (χ1v) is 8.86. The van der Waals surface area contributed by atoms with Crippen LogP contribution in [-0.4, -0.2) is 26.6 Å². The van der Waals surface area contributed by atoms with Crippen LogP contribution >= 0.6 is 0 Å². The summed E-state index contributed by atoms with van der Waals surface area (Å²) in [6, 6.07) is 7.85. The second kappa shape index (κ2) is 6.55. The van der Waals surface area contributed by atoms with E-state index in [-0.39, 0.29) is 10.9 Å². The fourth-order valence-corrected chi connectivity index (χ4v) is 3.58. The highest BCUT2D eigenvalue weighted by molar-refractivity contribution is 7.89. The van der Waals surface area contributed by atoms with Gasteiger partial charge >= 0.3 is 0 Å². The Balaban J connectivity index is 1.84. The summed E-state index contributed by atoms with van der Waals surface area (Å²) in [4.78, 5) is 4.09. The maximum absolute atomic E-state index is 12.6. The Labute approximate surface area is 135 Å². The normalized spacial score (nSPS) is 15.7. The van der Waals surface area contributed by atoms with Gasteiger partial charge in [0.2, 0.25) is 10.0 Å². The van der Waals surface area contributed by atoms with E-state index in [1.807, 2.05) is 0 Å². The number of benzene rings is 1. The van der Waals surface area contributed by atoms with Gasteiger partial charge in [0.15, 0.2) is 11.5 Å². The lowest BCUT2D eigenvalue weighted by Crippen LogP contribution is -2.26. The number of pyridine rings is 1. The molecule has 7 heteroatoms. The molecular formula is C16H18N2O4S. The number of fused-ring (bicyclic) bond motifs is 1. The minimum atomic E-state index is -3.66. The molecule has 0 bridgehead atoms. The van der Waals surface area contributed by atoms with Crippen LogP contribution in [0, 0.1) is 0 Å². The predicted molar refractivity (Wildman–Crippen MR) is 85.0 cm³/mol. The molecule has 23 heavy (non-hydrogen) atoms. The van der Waals surface area contributed by atoms with Gasteiger partial charge < -0.3 is 9.47 Å². The molecule has 1 aromatic heterocycles. The monoisotopic (exact) mass is 334 g/mol. The Morgan fingerprint density at radius 1 is 1.09 bits per heavy atom. The number of hydrogen-bond donors (Lipinski definition) is 1. The van der Waals surface area contributed by atoms with Crippen molar-refractivity contribution >= 4 is 10.0 Å². The molecule has 1 N–H and O–H groups in total. The fraction of sp³-hybridized carbons (Fsp3) is 0.312. The van der Waals surface area contributed by atoms with Crippen LogP contribution in [0.25, 0.3) is 0 Å². The second-order valence-corrected chi connectivity index (χ2v) is 7.00. The summed E-state index contributed by atoms with van der Waals surface area (Å²) in [5, 5.41) is 0. The van der Waals surface area contributed by atoms with Crippen LogP contribution in [0.15, 0.2) is 47.6 Å². The molecule has 3 rings (SSSR count). The van der Waals surface area contributed by atoms with Gasteiger partial charge in [0, 0.05) is 30.9 Å². The van der Waals surface area contributed by atoms with Gasteiger partial charge in [-0.3, -0.25) is 4.98 Å². The topological polar surface area (TPSA) is 77.5 Å². The summed E-state index contributed by atoms with van der Waals surface area (Å²) >= 11 is 0. The first kappa shape index (κ1) is 15.8. The first-order valence-electron chi connectivity index (χ1n) is 7.38. The zero-order valence-electron chi connectivity index (χ0n) is 12.7. The third-order valence-electron chi connectivity index (χ3n) is 3.57. The van der Waals surface area contributed by atoms with Gasteiger partial charge in [0.25, 0.3) is 0 Å². The van der Waals surface area contributed by atoms with Gasteiger partial charge in [-0.1, -0.05) is 0 Å². The SMILES string of the molecule is C[C@H](NS(=O)(=O)c1ccc2c(c1)OCCCO2)c1ccncc1. The van der Waals surface area contributed by atoms with Crippen LogP contribution in [0.2, 0.25) is 0 Å². The first-order chi connectivity index (χ1) is 11.1. The Bertz CT molecular complexity index is 778. The van der Waals surface area contributed by atoms with Crippen molar-refractivity contribution in [2.75, 3.05) is 13.2 Å². The van der Waals surface area contributed by atoms with Crippen molar-refractivity contribution < 1.29 is 17.9 Å². The van der Waals surface area contributed by atoms with Crippen molar-refractivity contribution in [3.05, 3.63) is 48.3 Å². The van der Waals surface area contributed by atoms with E-state index in [9.17, 15) is 8.42 Å². The third kappa shape index (κ3) is 3.62. The molecule has 0 amide bonds. The highest BCUT2D eigenvalue weighted by atomic mass is 32.2. The van der Waals surface area contributed by atoms with Crippen molar-refractivity contribution in [1.82, 2.24) is 9.71 Å². The Kier molecular flexibility index (Phi) is 4.49. The molecule has 0 saturated carbocycles. The Morgan fingerprint density at radius 3 is 2.52 bits per heavy atom. The maximum atomic E-state index is 12.6. The van der Waals surface area contributed by atoms with Gasteiger partial charge in [-0.2, -0.15) is 0 Å². The number of nitrogens with one attached hydrogen (secondary N) is 1. The van der Waals surface area contributed by atoms with E-state index in [2.05, 4.69) is 9.71 Å². The minimum absolute atomic E-state index is 0.155. The molecule has 0 spiro atoms. The van der Waals surface area contributed by atoms with Crippen LogP contribution in [0.1, 0.15) is 24.9 Å². The molecular weight excluding hydrogens is 316 g/mol. The molecule has 1 aliphatic heterocycles. The predicted octanol–water partition coefficient (Wildman–Crippen LogP) is 2.28. The molecule has 0 radical (unpaired) electrons. The smallest absolute Gasteiger partial charge is 0.241 e. The standard InChI is InChI=1S/C16H18N2O4S/c1-12(13-5-7-17-8-6-13)18-23(19,20)14-3-4-15-16(11-14)22-10-2-9-21-15/h3-8,11-12,18H,2,9-10H2,1H3/t12-/m0/s1. The van der Waals surface area contributed by atoms with Crippen molar-refractivity contribution in [2.24, 2.45) is 0 Å². The number of ether oxygens (including phenoxy) is 2. The molecule has 0 aliphatic carbocycles. The summed E-state index contributed by atoms with van der Waals surface area (Å²) in [6.45, 7) is 2.86. The van der Waals surface area contributed by atoms with Gasteiger partial charge in [0.1, 0.15) is 0 Å². The lowest BCUT2D eigenvalue weighted by molar-refractivity contribution is 0.297. The molecule has 122 valence electrons. The average Bonchev–Trinajstić information content (AvgIpc) is 2.80. The summed E-state index contributed by atoms with van der Waals surface area (Å²) in [6.07, 6.45) is 4.04. The summed E-state index contributed by atoms with van der Waals surface area (Å²) < 4.78 is 38.9. The lowest BCUT2D eigenvalue weighted by atomic mass is 10.1. The van der Waals surface area contributed by atoms with Crippen molar-refractivity contribution in [1.29, 1.82) is 0 Å². The second-order valence-electron chi connectivity index (χ2n) is 5.28. The zero-order chi connectivity index (χ0) is 16.3. The third-order valence-corrected chi connectivity index (χ3v) is 5.11. The van der Waals surface area contributed by atoms with Crippen molar-refractivity contribution in [2.45, 2.75) is 24.3 Å². The van der Waals surface area contributed by atoms with Crippen LogP contribution in [0.4, 0.5) is 0 Å². The highest BCUT2D eigenvalue weighted by Gasteiger charge is 2.21. The summed E-state index contributed by atoms with van der Waals surface area (Å²) in [7, 11) is -3.66. The molecule has 0 fully saturated rings. The largest absolute Gasteiger partial charge is 0.490 e. The number of nitrogens with zero attached hydrogens (tertiary/aromatic N) is 1. The summed E-state index contributed by atoms with van der Waals surface area (Å²) in [5.41, 5.74) is 0.845. The number of sulfonamides is 1. The molecule has 0 saturated heterocycles. The van der Waals surface area contributed by atoms with Gasteiger partial charge in [0.05, 0.1) is 18.1 Å². The summed E-state index contributed by atoms with van der Waals surface area (Å²) in [5.74, 6) is 1.03. The van der Waals surface area contributed by atoms with Crippen LogP contribution in [0.3, 0.4) is 0 Å². The van der Waals surface area contributed by atoms with E-state index >= 15 is 0 Å². The number of hydrogen-bond acceptors (Lipinski definition) is 5. The molecule has 1 aliphatic rings. The van der Waals surface area contributed by atoms with Gasteiger partial charge in [-0.15, -0.1) is 0 Å². The van der Waals surface area contributed by atoms with Crippen molar-refractivity contribution in [3.63, 3.8) is 0 Å². The van der Waals surface area contributed by atoms with Crippen LogP contribution in [0.5, 0.6) is 11.5 Å². The Hall–Kier alpha value is -2.12. The minimum Gasteiger partial charge on any atom is -0.490 e. The fourth-order valence-electron chi connectivity index (χ4n) is 2.33. The maximum Gasteiger partial charge on any atom is 0.241 e. The lowest BCUT2D eigenvalue weighted by Gasteiger charge is -2.15. The van der Waals surface area contributed by atoms with Crippen LogP contribution < -0.4 is 14.2 Å². The average molecular weight is 334 g/mol. The zero-order valence-corrected chi connectivity index (χ0v) is 13.5. The van der Waals surface area contributed by atoms with E-state index in [1.54, 1.807) is 37.5 Å². The van der Waals surface area contributed by atoms with E-state index in [0.717, 1.165) is 12.0 Å². The molecule has 2 heterocycles. The van der Waals surface area contributed by atoms with Crippen LogP contribution in [-0.2, 0) is 10.0 Å². The van der Waals surface area contributed by atoms with E-state index in [1.165, 1.54) is 12.1 Å². The molecule has 1 atom stereocenters.